The van der Waals surface area contributed by atoms with Crippen molar-refractivity contribution in [1.29, 1.82) is 0 Å². The SMILES string of the molecule is CN1CCN(CCCNC(=O)C2CN(S(=O)(=O)c3ccccc3)c3ccccc3O2)CC1. The van der Waals surface area contributed by atoms with E-state index in [0.29, 0.717) is 18.0 Å². The van der Waals surface area contributed by atoms with Crippen LogP contribution in [0.25, 0.3) is 0 Å². The van der Waals surface area contributed by atoms with Crippen LogP contribution in [0.2, 0.25) is 0 Å². The maximum atomic E-state index is 13.3. The van der Waals surface area contributed by atoms with Crippen molar-refractivity contribution in [3.05, 3.63) is 54.6 Å². The fraction of sp³-hybridized carbons (Fsp3) is 0.435. The van der Waals surface area contributed by atoms with Crippen LogP contribution in [0, 0.1) is 0 Å². The van der Waals surface area contributed by atoms with Gasteiger partial charge >= 0.3 is 0 Å². The molecule has 0 bridgehead atoms. The quantitative estimate of drug-likeness (QED) is 0.632. The van der Waals surface area contributed by atoms with Crippen LogP contribution in [0.5, 0.6) is 5.75 Å². The number of ether oxygens (including phenoxy) is 1. The highest BCUT2D eigenvalue weighted by Crippen LogP contribution is 2.36. The number of hydrogen-bond donors (Lipinski definition) is 1. The second-order valence-corrected chi connectivity index (χ2v) is 10.1. The standard InChI is InChI=1S/C23H30N4O4S/c1-25-14-16-26(17-15-25)13-7-12-24-23(28)22-18-27(20-10-5-6-11-21(20)31-22)32(29,30)19-8-3-2-4-9-19/h2-6,8-11,22H,7,12-18H2,1H3,(H,24,28). The number of fused-ring (bicyclic) bond motifs is 1. The molecule has 0 saturated carbocycles. The normalized spacial score (nSPS) is 19.8. The first-order valence-electron chi connectivity index (χ1n) is 11.0. The molecule has 4 rings (SSSR count). The van der Waals surface area contributed by atoms with Gasteiger partial charge < -0.3 is 19.9 Å². The number of benzene rings is 2. The van der Waals surface area contributed by atoms with Crippen molar-refractivity contribution in [2.24, 2.45) is 0 Å². The Morgan fingerprint density at radius 2 is 1.72 bits per heavy atom. The number of carbonyl (C=O) groups is 1. The molecule has 0 spiro atoms. The highest BCUT2D eigenvalue weighted by molar-refractivity contribution is 7.92. The lowest BCUT2D eigenvalue weighted by Gasteiger charge is -2.35. The molecule has 1 saturated heterocycles. The summed E-state index contributed by atoms with van der Waals surface area (Å²) in [6, 6.07) is 15.2. The van der Waals surface area contributed by atoms with E-state index in [4.69, 9.17) is 4.74 Å². The van der Waals surface area contributed by atoms with Crippen molar-refractivity contribution < 1.29 is 17.9 Å². The van der Waals surface area contributed by atoms with Gasteiger partial charge in [-0.25, -0.2) is 8.42 Å². The zero-order valence-electron chi connectivity index (χ0n) is 18.3. The summed E-state index contributed by atoms with van der Waals surface area (Å²) >= 11 is 0. The molecule has 172 valence electrons. The van der Waals surface area contributed by atoms with E-state index >= 15 is 0 Å². The number of piperazine rings is 1. The van der Waals surface area contributed by atoms with E-state index in [-0.39, 0.29) is 17.3 Å². The number of sulfonamides is 1. The third-order valence-electron chi connectivity index (χ3n) is 5.90. The lowest BCUT2D eigenvalue weighted by atomic mass is 10.2. The number of nitrogens with zero attached hydrogens (tertiary/aromatic N) is 3. The van der Waals surface area contributed by atoms with Crippen molar-refractivity contribution in [3.8, 4) is 5.75 Å². The molecule has 2 aromatic carbocycles. The van der Waals surface area contributed by atoms with Crippen LogP contribution in [0.4, 0.5) is 5.69 Å². The van der Waals surface area contributed by atoms with E-state index in [2.05, 4.69) is 22.2 Å². The molecule has 9 heteroatoms. The Hall–Kier alpha value is -2.62. The molecule has 2 heterocycles. The van der Waals surface area contributed by atoms with Crippen LogP contribution in [0.3, 0.4) is 0 Å². The van der Waals surface area contributed by atoms with E-state index < -0.39 is 16.1 Å². The lowest BCUT2D eigenvalue weighted by molar-refractivity contribution is -0.127. The molecule has 1 N–H and O–H groups in total. The van der Waals surface area contributed by atoms with Gasteiger partial charge in [-0.3, -0.25) is 9.10 Å². The van der Waals surface area contributed by atoms with E-state index in [9.17, 15) is 13.2 Å². The fourth-order valence-electron chi connectivity index (χ4n) is 3.99. The Labute approximate surface area is 189 Å². The van der Waals surface area contributed by atoms with Crippen molar-refractivity contribution in [2.45, 2.75) is 17.4 Å². The van der Waals surface area contributed by atoms with Gasteiger partial charge in [0.15, 0.2) is 6.10 Å². The molecule has 0 radical (unpaired) electrons. The van der Waals surface area contributed by atoms with Gasteiger partial charge in [0, 0.05) is 32.7 Å². The molecule has 2 aliphatic heterocycles. The van der Waals surface area contributed by atoms with Crippen molar-refractivity contribution in [1.82, 2.24) is 15.1 Å². The maximum Gasteiger partial charge on any atom is 0.264 e. The van der Waals surface area contributed by atoms with Crippen LogP contribution in [0.1, 0.15) is 6.42 Å². The zero-order chi connectivity index (χ0) is 22.6. The van der Waals surface area contributed by atoms with Crippen LogP contribution in [-0.4, -0.2) is 83.1 Å². The monoisotopic (exact) mass is 458 g/mol. The number of rotatable bonds is 7. The topological polar surface area (TPSA) is 82.2 Å². The summed E-state index contributed by atoms with van der Waals surface area (Å²) in [7, 11) is -1.70. The van der Waals surface area contributed by atoms with E-state index in [1.54, 1.807) is 54.6 Å². The summed E-state index contributed by atoms with van der Waals surface area (Å²) in [5.41, 5.74) is 0.440. The van der Waals surface area contributed by atoms with Gasteiger partial charge in [-0.05, 0) is 44.3 Å². The summed E-state index contributed by atoms with van der Waals surface area (Å²) in [6.07, 6.45) is -0.0721. The van der Waals surface area contributed by atoms with Gasteiger partial charge in [-0.15, -0.1) is 0 Å². The van der Waals surface area contributed by atoms with Crippen LogP contribution < -0.4 is 14.4 Å². The van der Waals surface area contributed by atoms with E-state index in [1.165, 1.54) is 4.31 Å². The molecule has 1 fully saturated rings. The fourth-order valence-corrected chi connectivity index (χ4v) is 5.48. The van der Waals surface area contributed by atoms with E-state index in [1.807, 2.05) is 0 Å². The first-order valence-corrected chi connectivity index (χ1v) is 12.4. The smallest absolute Gasteiger partial charge is 0.264 e. The summed E-state index contributed by atoms with van der Waals surface area (Å²) in [5, 5.41) is 2.92. The largest absolute Gasteiger partial charge is 0.476 e. The molecule has 0 aromatic heterocycles. The average Bonchev–Trinajstić information content (AvgIpc) is 2.82. The Morgan fingerprint density at radius 3 is 2.47 bits per heavy atom. The number of carbonyl (C=O) groups excluding carboxylic acids is 1. The third-order valence-corrected chi connectivity index (χ3v) is 7.70. The maximum absolute atomic E-state index is 13.3. The number of anilines is 1. The molecule has 2 aromatic rings. The third kappa shape index (κ3) is 5.06. The van der Waals surface area contributed by atoms with Crippen LogP contribution in [0.15, 0.2) is 59.5 Å². The highest BCUT2D eigenvalue weighted by Gasteiger charge is 2.37. The molecular formula is C23H30N4O4S. The van der Waals surface area contributed by atoms with E-state index in [0.717, 1.165) is 39.1 Å². The summed E-state index contributed by atoms with van der Waals surface area (Å²) in [4.78, 5) is 17.7. The first-order chi connectivity index (χ1) is 15.4. The molecular weight excluding hydrogens is 428 g/mol. The number of para-hydroxylation sites is 2. The average molecular weight is 459 g/mol. The number of nitrogens with one attached hydrogen (secondary N) is 1. The minimum atomic E-state index is -3.82. The van der Waals surface area contributed by atoms with Gasteiger partial charge in [0.1, 0.15) is 5.75 Å². The predicted octanol–water partition coefficient (Wildman–Crippen LogP) is 1.40. The molecule has 1 unspecified atom stereocenters. The molecule has 1 amide bonds. The van der Waals surface area contributed by atoms with Crippen LogP contribution >= 0.6 is 0 Å². The van der Waals surface area contributed by atoms with Gasteiger partial charge in [0.2, 0.25) is 0 Å². The molecule has 32 heavy (non-hydrogen) atoms. The van der Waals surface area contributed by atoms with Gasteiger partial charge in [0.25, 0.3) is 15.9 Å². The Balaban J connectivity index is 1.40. The number of amides is 1. The van der Waals surface area contributed by atoms with Crippen LogP contribution in [-0.2, 0) is 14.8 Å². The number of likely N-dealkylation sites (N-methyl/N-ethyl adjacent to an activating group) is 1. The summed E-state index contributed by atoms with van der Waals surface area (Å²) in [5.74, 6) is 0.0852. The Kier molecular flexibility index (Phi) is 6.98. The second-order valence-electron chi connectivity index (χ2n) is 8.21. The van der Waals surface area contributed by atoms with Gasteiger partial charge in [0.05, 0.1) is 17.1 Å². The lowest BCUT2D eigenvalue weighted by Crippen LogP contribution is -2.51. The minimum Gasteiger partial charge on any atom is -0.476 e. The highest BCUT2D eigenvalue weighted by atomic mass is 32.2. The number of hydrogen-bond acceptors (Lipinski definition) is 6. The second kappa shape index (κ2) is 9.89. The molecule has 2 aliphatic rings. The Bertz CT molecular complexity index is 1020. The zero-order valence-corrected chi connectivity index (χ0v) is 19.1. The predicted molar refractivity (Wildman–Crippen MR) is 123 cm³/mol. The van der Waals surface area contributed by atoms with Crippen molar-refractivity contribution in [3.63, 3.8) is 0 Å². The van der Waals surface area contributed by atoms with Crippen molar-refractivity contribution in [2.75, 3.05) is 57.2 Å². The Morgan fingerprint density at radius 1 is 1.03 bits per heavy atom. The first kappa shape index (κ1) is 22.6. The van der Waals surface area contributed by atoms with Crippen molar-refractivity contribution >= 4 is 21.6 Å². The molecule has 8 nitrogen and oxygen atoms in total. The van der Waals surface area contributed by atoms with Gasteiger partial charge in [-0.1, -0.05) is 30.3 Å². The molecule has 1 atom stereocenters. The van der Waals surface area contributed by atoms with Gasteiger partial charge in [-0.2, -0.15) is 0 Å². The summed E-state index contributed by atoms with van der Waals surface area (Å²) in [6.45, 7) is 5.59. The minimum absolute atomic E-state index is 0.0709. The summed E-state index contributed by atoms with van der Waals surface area (Å²) < 4.78 is 33.8. The molecule has 0 aliphatic carbocycles.